The van der Waals surface area contributed by atoms with Crippen molar-refractivity contribution < 1.29 is 9.53 Å². The molecule has 1 saturated carbocycles. The highest BCUT2D eigenvalue weighted by Gasteiger charge is 2.28. The molecule has 1 fully saturated rings. The second kappa shape index (κ2) is 6.42. The van der Waals surface area contributed by atoms with E-state index in [1.807, 2.05) is 4.57 Å². The summed E-state index contributed by atoms with van der Waals surface area (Å²) in [5, 5.41) is 13.6. The van der Waals surface area contributed by atoms with Crippen LogP contribution in [0.15, 0.2) is 24.7 Å². The van der Waals surface area contributed by atoms with Crippen LogP contribution in [0.5, 0.6) is 5.88 Å². The molecule has 8 heteroatoms. The predicted molar refractivity (Wildman–Crippen MR) is 79.8 cm³/mol. The number of nitrogens with zero attached hydrogens (tertiary/aromatic N) is 4. The third-order valence-electron chi connectivity index (χ3n) is 3.44. The highest BCUT2D eigenvalue weighted by atomic mass is 16.5. The quantitative estimate of drug-likeness (QED) is 0.840. The van der Waals surface area contributed by atoms with Crippen LogP contribution >= 0.6 is 0 Å². The number of anilines is 1. The van der Waals surface area contributed by atoms with Gasteiger partial charge in [0.2, 0.25) is 5.88 Å². The lowest BCUT2D eigenvalue weighted by atomic mass is 10.4. The van der Waals surface area contributed by atoms with Crippen LogP contribution in [0, 0.1) is 0 Å². The van der Waals surface area contributed by atoms with Gasteiger partial charge in [0.1, 0.15) is 17.8 Å². The van der Waals surface area contributed by atoms with Crippen LogP contribution < -0.4 is 15.4 Å². The Bertz CT molecular complexity index is 652. The fourth-order valence-corrected chi connectivity index (χ4v) is 2.20. The molecule has 2 amide bonds. The second-order valence-corrected chi connectivity index (χ2v) is 5.10. The van der Waals surface area contributed by atoms with Crippen LogP contribution in [0.25, 0.3) is 0 Å². The molecule has 2 heterocycles. The molecule has 0 saturated heterocycles. The van der Waals surface area contributed by atoms with Gasteiger partial charge in [-0.2, -0.15) is 0 Å². The van der Waals surface area contributed by atoms with Crippen molar-refractivity contribution in [2.75, 3.05) is 19.0 Å². The number of aromatic nitrogens is 4. The summed E-state index contributed by atoms with van der Waals surface area (Å²) in [4.78, 5) is 15.9. The Balaban J connectivity index is 1.49. The summed E-state index contributed by atoms with van der Waals surface area (Å²) >= 11 is 0. The number of methoxy groups -OCH3 is 1. The Morgan fingerprint density at radius 3 is 3.14 bits per heavy atom. The molecule has 0 radical (unpaired) electrons. The van der Waals surface area contributed by atoms with Crippen molar-refractivity contribution in [2.45, 2.75) is 25.3 Å². The molecule has 1 aliphatic carbocycles. The third-order valence-corrected chi connectivity index (χ3v) is 3.44. The Kier molecular flexibility index (Phi) is 4.17. The SMILES string of the molecule is COc1ncccc1NC(=O)NCCn1cnnc1C1CC1. The van der Waals surface area contributed by atoms with Gasteiger partial charge in [0.15, 0.2) is 0 Å². The van der Waals surface area contributed by atoms with E-state index in [0.29, 0.717) is 30.6 Å². The van der Waals surface area contributed by atoms with Gasteiger partial charge in [-0.15, -0.1) is 10.2 Å². The van der Waals surface area contributed by atoms with E-state index in [9.17, 15) is 4.79 Å². The zero-order valence-electron chi connectivity index (χ0n) is 12.3. The third kappa shape index (κ3) is 3.33. The molecule has 2 aromatic rings. The lowest BCUT2D eigenvalue weighted by molar-refractivity contribution is 0.251. The van der Waals surface area contributed by atoms with E-state index >= 15 is 0 Å². The number of carbonyl (C=O) groups excluding carboxylic acids is 1. The van der Waals surface area contributed by atoms with E-state index in [0.717, 1.165) is 5.82 Å². The number of hydrogen-bond donors (Lipinski definition) is 2. The maximum absolute atomic E-state index is 11.9. The summed E-state index contributed by atoms with van der Waals surface area (Å²) in [6.45, 7) is 1.14. The molecule has 2 N–H and O–H groups in total. The molecule has 0 unspecified atom stereocenters. The van der Waals surface area contributed by atoms with Crippen LogP contribution in [0.2, 0.25) is 0 Å². The summed E-state index contributed by atoms with van der Waals surface area (Å²) in [7, 11) is 1.51. The second-order valence-electron chi connectivity index (χ2n) is 5.10. The first-order valence-electron chi connectivity index (χ1n) is 7.19. The van der Waals surface area contributed by atoms with Crippen LogP contribution in [-0.4, -0.2) is 39.4 Å². The average molecular weight is 302 g/mol. The molecule has 0 aromatic carbocycles. The van der Waals surface area contributed by atoms with Crippen LogP contribution in [-0.2, 0) is 6.54 Å². The van der Waals surface area contributed by atoms with E-state index < -0.39 is 0 Å². The molecule has 2 aromatic heterocycles. The molecule has 0 atom stereocenters. The fourth-order valence-electron chi connectivity index (χ4n) is 2.20. The minimum absolute atomic E-state index is 0.299. The average Bonchev–Trinajstić information content (AvgIpc) is 3.27. The zero-order valence-corrected chi connectivity index (χ0v) is 12.3. The van der Waals surface area contributed by atoms with Crippen molar-refractivity contribution in [2.24, 2.45) is 0 Å². The van der Waals surface area contributed by atoms with Crippen molar-refractivity contribution in [3.63, 3.8) is 0 Å². The van der Waals surface area contributed by atoms with Gasteiger partial charge in [-0.3, -0.25) is 0 Å². The molecule has 0 spiro atoms. The number of nitrogens with one attached hydrogen (secondary N) is 2. The van der Waals surface area contributed by atoms with E-state index in [1.165, 1.54) is 20.0 Å². The summed E-state index contributed by atoms with van der Waals surface area (Å²) in [6.07, 6.45) is 5.66. The molecule has 0 aliphatic heterocycles. The maximum atomic E-state index is 11.9. The van der Waals surface area contributed by atoms with Gasteiger partial charge in [0, 0.05) is 25.2 Å². The van der Waals surface area contributed by atoms with E-state index in [-0.39, 0.29) is 6.03 Å². The van der Waals surface area contributed by atoms with Gasteiger partial charge >= 0.3 is 6.03 Å². The van der Waals surface area contributed by atoms with Gasteiger partial charge in [-0.25, -0.2) is 9.78 Å². The molecule has 8 nitrogen and oxygen atoms in total. The largest absolute Gasteiger partial charge is 0.480 e. The van der Waals surface area contributed by atoms with Gasteiger partial charge < -0.3 is 19.9 Å². The summed E-state index contributed by atoms with van der Waals surface area (Å²) < 4.78 is 7.07. The first kappa shape index (κ1) is 14.3. The Morgan fingerprint density at radius 2 is 2.36 bits per heavy atom. The number of urea groups is 1. The van der Waals surface area contributed by atoms with Crippen molar-refractivity contribution in [1.82, 2.24) is 25.1 Å². The van der Waals surface area contributed by atoms with E-state index in [2.05, 4.69) is 25.8 Å². The summed E-state index contributed by atoms with van der Waals surface area (Å²) in [5.41, 5.74) is 0.533. The number of rotatable bonds is 6. The number of hydrogen-bond acceptors (Lipinski definition) is 5. The molecule has 116 valence electrons. The fraction of sp³-hybridized carbons (Fsp3) is 0.429. The summed E-state index contributed by atoms with van der Waals surface area (Å²) in [5.74, 6) is 1.93. The Hall–Kier alpha value is -2.64. The van der Waals surface area contributed by atoms with Crippen molar-refractivity contribution in [1.29, 1.82) is 0 Å². The molecule has 3 rings (SSSR count). The normalized spacial score (nSPS) is 13.7. The minimum atomic E-state index is -0.299. The van der Waals surface area contributed by atoms with Gasteiger partial charge in [0.05, 0.1) is 7.11 Å². The van der Waals surface area contributed by atoms with E-state index in [4.69, 9.17) is 4.74 Å². The van der Waals surface area contributed by atoms with Crippen LogP contribution in [0.4, 0.5) is 10.5 Å². The predicted octanol–water partition coefficient (Wildman–Crippen LogP) is 1.38. The lowest BCUT2D eigenvalue weighted by Gasteiger charge is -2.10. The van der Waals surface area contributed by atoms with Crippen molar-refractivity contribution >= 4 is 11.7 Å². The molecular formula is C14H18N6O2. The monoisotopic (exact) mass is 302 g/mol. The lowest BCUT2D eigenvalue weighted by Crippen LogP contribution is -2.31. The van der Waals surface area contributed by atoms with Crippen LogP contribution in [0.3, 0.4) is 0 Å². The summed E-state index contributed by atoms with van der Waals surface area (Å²) in [6, 6.07) is 3.17. The highest BCUT2D eigenvalue weighted by molar-refractivity contribution is 5.90. The van der Waals surface area contributed by atoms with Crippen LogP contribution in [0.1, 0.15) is 24.6 Å². The Morgan fingerprint density at radius 1 is 1.50 bits per heavy atom. The van der Waals surface area contributed by atoms with E-state index in [1.54, 1.807) is 24.7 Å². The molecule has 0 bridgehead atoms. The minimum Gasteiger partial charge on any atom is -0.480 e. The van der Waals surface area contributed by atoms with Gasteiger partial charge in [-0.05, 0) is 25.0 Å². The smallest absolute Gasteiger partial charge is 0.319 e. The zero-order chi connectivity index (χ0) is 15.4. The molecular weight excluding hydrogens is 284 g/mol. The number of pyridine rings is 1. The number of ether oxygens (including phenoxy) is 1. The number of carbonyl (C=O) groups is 1. The van der Waals surface area contributed by atoms with Crippen molar-refractivity contribution in [3.05, 3.63) is 30.5 Å². The van der Waals surface area contributed by atoms with Crippen molar-refractivity contribution in [3.8, 4) is 5.88 Å². The Labute approximate surface area is 127 Å². The molecule has 22 heavy (non-hydrogen) atoms. The maximum Gasteiger partial charge on any atom is 0.319 e. The standard InChI is InChI=1S/C14H18N6O2/c1-22-13-11(3-2-6-15-13)18-14(21)16-7-8-20-9-17-19-12(20)10-4-5-10/h2-3,6,9-10H,4-5,7-8H2,1H3,(H2,16,18,21). The van der Waals surface area contributed by atoms with Gasteiger partial charge in [0.25, 0.3) is 0 Å². The first-order valence-corrected chi connectivity index (χ1v) is 7.19. The number of amides is 2. The highest BCUT2D eigenvalue weighted by Crippen LogP contribution is 2.38. The first-order chi connectivity index (χ1) is 10.8. The van der Waals surface area contributed by atoms with Gasteiger partial charge in [-0.1, -0.05) is 0 Å². The molecule has 1 aliphatic rings. The topological polar surface area (TPSA) is 94.0 Å².